The van der Waals surface area contributed by atoms with Gasteiger partial charge in [0.05, 0.1) is 25.3 Å². The minimum absolute atomic E-state index is 0.0268. The molecule has 7 heteroatoms. The van der Waals surface area contributed by atoms with Gasteiger partial charge in [0.15, 0.2) is 6.61 Å². The fourth-order valence-electron chi connectivity index (χ4n) is 3.68. The molecule has 0 spiro atoms. The molecule has 0 aliphatic carbocycles. The van der Waals surface area contributed by atoms with E-state index in [1.165, 1.54) is 0 Å². The average molecular weight is 461 g/mol. The van der Waals surface area contributed by atoms with Gasteiger partial charge in [-0.15, -0.1) is 0 Å². The van der Waals surface area contributed by atoms with Crippen LogP contribution in [-0.2, 0) is 16.0 Å². The Morgan fingerprint density at radius 1 is 1.00 bits per heavy atom. The summed E-state index contributed by atoms with van der Waals surface area (Å²) < 4.78 is 16.8. The van der Waals surface area contributed by atoms with Gasteiger partial charge in [0.1, 0.15) is 23.9 Å². The lowest BCUT2D eigenvalue weighted by Crippen LogP contribution is -2.41. The van der Waals surface area contributed by atoms with Crippen molar-refractivity contribution in [2.24, 2.45) is 0 Å². The zero-order valence-corrected chi connectivity index (χ0v) is 19.4. The lowest BCUT2D eigenvalue weighted by molar-refractivity contribution is -0.121. The quantitative estimate of drug-likeness (QED) is 0.513. The lowest BCUT2D eigenvalue weighted by Gasteiger charge is -2.29. The van der Waals surface area contributed by atoms with Gasteiger partial charge >= 0.3 is 0 Å². The van der Waals surface area contributed by atoms with Crippen molar-refractivity contribution < 1.29 is 23.8 Å². The smallest absolute Gasteiger partial charge is 0.265 e. The van der Waals surface area contributed by atoms with Gasteiger partial charge in [0.2, 0.25) is 5.91 Å². The van der Waals surface area contributed by atoms with Crippen molar-refractivity contribution in [3.05, 3.63) is 77.9 Å². The molecule has 0 unspecified atom stereocenters. The fourth-order valence-corrected chi connectivity index (χ4v) is 3.68. The highest BCUT2D eigenvalue weighted by Crippen LogP contribution is 2.34. The second-order valence-corrected chi connectivity index (χ2v) is 7.98. The topological polar surface area (TPSA) is 77.1 Å². The molecule has 176 valence electrons. The zero-order valence-electron chi connectivity index (χ0n) is 19.4. The highest BCUT2D eigenvalue weighted by molar-refractivity contribution is 5.99. The number of fused-ring (bicyclic) bond motifs is 1. The van der Waals surface area contributed by atoms with E-state index >= 15 is 0 Å². The Morgan fingerprint density at radius 3 is 2.44 bits per heavy atom. The summed E-state index contributed by atoms with van der Waals surface area (Å²) in [7, 11) is 0. The minimum atomic E-state index is -0.155. The first-order valence-electron chi connectivity index (χ1n) is 11.3. The normalized spacial score (nSPS) is 12.5. The number of carbonyl (C=O) groups is 2. The molecule has 0 aromatic heterocycles. The largest absolute Gasteiger partial charge is 0.494 e. The molecular formula is C27H28N2O5. The predicted molar refractivity (Wildman–Crippen MR) is 131 cm³/mol. The van der Waals surface area contributed by atoms with Crippen molar-refractivity contribution in [2.75, 3.05) is 36.6 Å². The van der Waals surface area contributed by atoms with Crippen LogP contribution in [0.3, 0.4) is 0 Å². The first-order valence-corrected chi connectivity index (χ1v) is 11.3. The van der Waals surface area contributed by atoms with E-state index in [0.717, 1.165) is 22.6 Å². The Hall–Kier alpha value is -4.00. The van der Waals surface area contributed by atoms with Gasteiger partial charge in [-0.2, -0.15) is 0 Å². The molecule has 0 bridgehead atoms. The first kappa shape index (κ1) is 23.2. The van der Waals surface area contributed by atoms with Crippen LogP contribution < -0.4 is 24.4 Å². The Morgan fingerprint density at radius 2 is 1.71 bits per heavy atom. The summed E-state index contributed by atoms with van der Waals surface area (Å²) in [5.74, 6) is 1.82. The van der Waals surface area contributed by atoms with E-state index in [4.69, 9.17) is 14.2 Å². The minimum Gasteiger partial charge on any atom is -0.494 e. The zero-order chi connectivity index (χ0) is 23.9. The van der Waals surface area contributed by atoms with Crippen molar-refractivity contribution in [1.29, 1.82) is 0 Å². The van der Waals surface area contributed by atoms with Gasteiger partial charge in [-0.25, -0.2) is 0 Å². The summed E-state index contributed by atoms with van der Waals surface area (Å²) in [5, 5.41) is 2.91. The number of benzene rings is 3. The fraction of sp³-hybridized carbons (Fsp3) is 0.259. The van der Waals surface area contributed by atoms with E-state index in [1.54, 1.807) is 23.1 Å². The van der Waals surface area contributed by atoms with Crippen LogP contribution >= 0.6 is 0 Å². The average Bonchev–Trinajstić information content (AvgIpc) is 2.83. The van der Waals surface area contributed by atoms with E-state index in [2.05, 4.69) is 5.32 Å². The maximum atomic E-state index is 12.6. The molecule has 4 rings (SSSR count). The summed E-state index contributed by atoms with van der Waals surface area (Å²) in [4.78, 5) is 26.8. The summed E-state index contributed by atoms with van der Waals surface area (Å²) in [6, 6.07) is 20.5. The molecule has 3 aromatic rings. The molecule has 1 aliphatic rings. The third-order valence-electron chi connectivity index (χ3n) is 5.39. The summed E-state index contributed by atoms with van der Waals surface area (Å²) in [5.41, 5.74) is 3.24. The molecule has 0 fully saturated rings. The van der Waals surface area contributed by atoms with Crippen LogP contribution in [0.4, 0.5) is 11.4 Å². The molecule has 1 aliphatic heterocycles. The van der Waals surface area contributed by atoms with Crippen molar-refractivity contribution in [1.82, 2.24) is 0 Å². The molecule has 2 amide bonds. The van der Waals surface area contributed by atoms with Crippen molar-refractivity contribution in [3.8, 4) is 17.2 Å². The number of rotatable bonds is 9. The van der Waals surface area contributed by atoms with Gasteiger partial charge < -0.3 is 24.4 Å². The molecule has 0 saturated carbocycles. The van der Waals surface area contributed by atoms with E-state index in [1.807, 2.05) is 62.4 Å². The number of anilines is 2. The standard InChI is InChI=1S/C27H28N2O5/c1-3-32-22-11-6-20(7-12-22)16-26(30)28-21-8-13-25-24(17-21)29(27(31)18-34-25)14-15-33-23-9-4-19(2)5-10-23/h4-13,17H,3,14-16,18H2,1-2H3,(H,28,30). The van der Waals surface area contributed by atoms with Crippen LogP contribution in [0.15, 0.2) is 66.7 Å². The summed E-state index contributed by atoms with van der Waals surface area (Å²) >= 11 is 0. The van der Waals surface area contributed by atoms with E-state index in [0.29, 0.717) is 36.9 Å². The van der Waals surface area contributed by atoms with Crippen LogP contribution in [0.25, 0.3) is 0 Å². The molecule has 0 saturated heterocycles. The molecule has 0 radical (unpaired) electrons. The number of hydrogen-bond acceptors (Lipinski definition) is 5. The molecule has 0 atom stereocenters. The molecule has 3 aromatic carbocycles. The van der Waals surface area contributed by atoms with Gasteiger partial charge in [-0.05, 0) is 61.9 Å². The first-order chi connectivity index (χ1) is 16.5. The van der Waals surface area contributed by atoms with E-state index in [-0.39, 0.29) is 24.8 Å². The number of amides is 2. The number of nitrogens with zero attached hydrogens (tertiary/aromatic N) is 1. The Labute approximate surface area is 199 Å². The molecule has 1 heterocycles. The molecule has 34 heavy (non-hydrogen) atoms. The van der Waals surface area contributed by atoms with Gasteiger partial charge in [0.25, 0.3) is 5.91 Å². The van der Waals surface area contributed by atoms with Crippen LogP contribution in [-0.4, -0.2) is 38.2 Å². The van der Waals surface area contributed by atoms with E-state index in [9.17, 15) is 9.59 Å². The number of ether oxygens (including phenoxy) is 3. The third-order valence-corrected chi connectivity index (χ3v) is 5.39. The molecule has 1 N–H and O–H groups in total. The number of carbonyl (C=O) groups excluding carboxylic acids is 2. The van der Waals surface area contributed by atoms with Crippen LogP contribution in [0.2, 0.25) is 0 Å². The SMILES string of the molecule is CCOc1ccc(CC(=O)Nc2ccc3c(c2)N(CCOc2ccc(C)cc2)C(=O)CO3)cc1. The lowest BCUT2D eigenvalue weighted by atomic mass is 10.1. The predicted octanol–water partition coefficient (Wildman–Crippen LogP) is 4.38. The molecular weight excluding hydrogens is 432 g/mol. The van der Waals surface area contributed by atoms with E-state index < -0.39 is 0 Å². The van der Waals surface area contributed by atoms with Gasteiger partial charge in [-0.1, -0.05) is 29.8 Å². The Balaban J connectivity index is 1.39. The second kappa shape index (κ2) is 10.7. The summed E-state index contributed by atoms with van der Waals surface area (Å²) in [6.45, 7) is 5.22. The maximum absolute atomic E-state index is 12.6. The van der Waals surface area contributed by atoms with Gasteiger partial charge in [0, 0.05) is 5.69 Å². The Bertz CT molecular complexity index is 1140. The van der Waals surface area contributed by atoms with Crippen molar-refractivity contribution in [3.63, 3.8) is 0 Å². The highest BCUT2D eigenvalue weighted by Gasteiger charge is 2.26. The summed E-state index contributed by atoms with van der Waals surface area (Å²) in [6.07, 6.45) is 0.229. The van der Waals surface area contributed by atoms with Crippen molar-refractivity contribution in [2.45, 2.75) is 20.3 Å². The van der Waals surface area contributed by atoms with Crippen LogP contribution in [0.1, 0.15) is 18.1 Å². The highest BCUT2D eigenvalue weighted by atomic mass is 16.5. The monoisotopic (exact) mass is 460 g/mol. The third kappa shape index (κ3) is 5.86. The molecule has 7 nitrogen and oxygen atoms in total. The van der Waals surface area contributed by atoms with Crippen LogP contribution in [0, 0.1) is 6.92 Å². The van der Waals surface area contributed by atoms with Gasteiger partial charge in [-0.3, -0.25) is 9.59 Å². The number of nitrogens with one attached hydrogen (secondary N) is 1. The Kier molecular flexibility index (Phi) is 7.32. The van der Waals surface area contributed by atoms with Crippen LogP contribution in [0.5, 0.6) is 17.2 Å². The van der Waals surface area contributed by atoms with Crippen molar-refractivity contribution >= 4 is 23.2 Å². The number of hydrogen-bond donors (Lipinski definition) is 1. The number of aryl methyl sites for hydroxylation is 1. The maximum Gasteiger partial charge on any atom is 0.265 e. The second-order valence-electron chi connectivity index (χ2n) is 7.98.